The minimum Gasteiger partial charge on any atom is -0.461 e. The van der Waals surface area contributed by atoms with Gasteiger partial charge in [0, 0.05) is 22.9 Å². The molecule has 8 nitrogen and oxygen atoms in total. The molecule has 10 heteroatoms. The van der Waals surface area contributed by atoms with E-state index in [4.69, 9.17) is 9.47 Å². The molecule has 2 rings (SSSR count). The van der Waals surface area contributed by atoms with Gasteiger partial charge in [-0.3, -0.25) is 0 Å². The predicted molar refractivity (Wildman–Crippen MR) is 100 cm³/mol. The van der Waals surface area contributed by atoms with Crippen LogP contribution in [0, 0.1) is 13.8 Å². The molecule has 0 aliphatic heterocycles. The van der Waals surface area contributed by atoms with Gasteiger partial charge in [-0.15, -0.1) is 0 Å². The Morgan fingerprint density at radius 3 is 1.58 bits per heavy atom. The van der Waals surface area contributed by atoms with Gasteiger partial charge >= 0.3 is 11.9 Å². The number of aryl methyl sites for hydroxylation is 2. The zero-order valence-corrected chi connectivity index (χ0v) is 16.8. The van der Waals surface area contributed by atoms with Crippen molar-refractivity contribution in [3.05, 3.63) is 22.8 Å². The van der Waals surface area contributed by atoms with E-state index in [2.05, 4.69) is 19.9 Å². The number of aromatic amines is 2. The summed E-state index contributed by atoms with van der Waals surface area (Å²) in [6.45, 7) is 7.75. The largest absolute Gasteiger partial charge is 0.461 e. The Morgan fingerprint density at radius 1 is 0.846 bits per heavy atom. The molecule has 2 N–H and O–H groups in total. The second-order valence-corrected chi connectivity index (χ2v) is 7.34. The van der Waals surface area contributed by atoms with Crippen molar-refractivity contribution in [3.8, 4) is 0 Å². The summed E-state index contributed by atoms with van der Waals surface area (Å²) < 4.78 is 9.94. The molecule has 0 unspecified atom stereocenters. The molecule has 2 aromatic heterocycles. The van der Waals surface area contributed by atoms with Crippen LogP contribution in [0.1, 0.15) is 46.2 Å². The van der Waals surface area contributed by atoms with Crippen molar-refractivity contribution < 1.29 is 19.1 Å². The summed E-state index contributed by atoms with van der Waals surface area (Å²) in [7, 11) is 0. The summed E-state index contributed by atoms with van der Waals surface area (Å²) in [5, 5.41) is 1.35. The maximum absolute atomic E-state index is 11.8. The molecular weight excluding hydrogens is 376 g/mol. The van der Waals surface area contributed by atoms with Crippen LogP contribution in [0.3, 0.4) is 0 Å². The number of H-pyrrole nitrogens is 2. The molecule has 0 aromatic carbocycles. The highest BCUT2D eigenvalue weighted by Crippen LogP contribution is 2.22. The van der Waals surface area contributed by atoms with E-state index in [1.165, 1.54) is 23.5 Å². The average Bonchev–Trinajstić information content (AvgIpc) is 3.15. The monoisotopic (exact) mass is 398 g/mol. The van der Waals surface area contributed by atoms with Crippen LogP contribution >= 0.6 is 23.5 Å². The number of rotatable bonds is 9. The van der Waals surface area contributed by atoms with Gasteiger partial charge in [0.15, 0.2) is 21.7 Å². The van der Waals surface area contributed by atoms with Crippen molar-refractivity contribution in [1.82, 2.24) is 19.9 Å². The topological polar surface area (TPSA) is 110 Å². The fourth-order valence-electron chi connectivity index (χ4n) is 2.08. The second kappa shape index (κ2) is 9.67. The lowest BCUT2D eigenvalue weighted by Crippen LogP contribution is -2.06. The van der Waals surface area contributed by atoms with Crippen molar-refractivity contribution in [3.63, 3.8) is 0 Å². The number of aromatic nitrogens is 4. The highest BCUT2D eigenvalue weighted by molar-refractivity contribution is 8.02. The summed E-state index contributed by atoms with van der Waals surface area (Å²) in [6.07, 6.45) is 0. The van der Waals surface area contributed by atoms with Crippen LogP contribution in [-0.2, 0) is 9.47 Å². The summed E-state index contributed by atoms with van der Waals surface area (Å²) in [5.41, 5.74) is 2.03. The number of nitrogens with zero attached hydrogens (tertiary/aromatic N) is 2. The van der Waals surface area contributed by atoms with Crippen LogP contribution < -0.4 is 0 Å². The van der Waals surface area contributed by atoms with E-state index in [0.29, 0.717) is 46.3 Å². The Balaban J connectivity index is 1.84. The molecule has 0 saturated carbocycles. The SMILES string of the molecule is CCOC(=O)c1nc(SCCSc2nc(C(=O)OCC)c(C)[nH]2)[nH]c1C. The summed E-state index contributed by atoms with van der Waals surface area (Å²) in [6, 6.07) is 0. The Hall–Kier alpha value is -1.94. The van der Waals surface area contributed by atoms with E-state index in [1.54, 1.807) is 27.7 Å². The fourth-order valence-corrected chi connectivity index (χ4v) is 3.89. The third-order valence-corrected chi connectivity index (χ3v) is 5.23. The molecule has 2 heterocycles. The van der Waals surface area contributed by atoms with E-state index in [9.17, 15) is 9.59 Å². The minimum atomic E-state index is -0.417. The lowest BCUT2D eigenvalue weighted by Gasteiger charge is -1.98. The third-order valence-electron chi connectivity index (χ3n) is 3.22. The first-order chi connectivity index (χ1) is 12.5. The van der Waals surface area contributed by atoms with Gasteiger partial charge in [-0.1, -0.05) is 23.5 Å². The molecule has 26 heavy (non-hydrogen) atoms. The molecule has 0 aliphatic carbocycles. The van der Waals surface area contributed by atoms with Crippen molar-refractivity contribution >= 4 is 35.5 Å². The van der Waals surface area contributed by atoms with E-state index < -0.39 is 11.9 Å². The van der Waals surface area contributed by atoms with E-state index >= 15 is 0 Å². The highest BCUT2D eigenvalue weighted by atomic mass is 32.2. The third kappa shape index (κ3) is 5.28. The van der Waals surface area contributed by atoms with Crippen molar-refractivity contribution in [2.45, 2.75) is 38.0 Å². The number of carbonyl (C=O) groups is 2. The van der Waals surface area contributed by atoms with Crippen LogP contribution in [-0.4, -0.2) is 56.6 Å². The number of ether oxygens (including phenoxy) is 2. The number of hydrogen-bond donors (Lipinski definition) is 2. The Morgan fingerprint density at radius 2 is 1.23 bits per heavy atom. The maximum Gasteiger partial charge on any atom is 0.358 e. The smallest absolute Gasteiger partial charge is 0.358 e. The maximum atomic E-state index is 11.8. The van der Waals surface area contributed by atoms with Crippen LogP contribution in [0.5, 0.6) is 0 Å². The molecule has 142 valence electrons. The second-order valence-electron chi connectivity index (χ2n) is 5.17. The Labute approximate surface area is 160 Å². The number of thioether (sulfide) groups is 2. The van der Waals surface area contributed by atoms with Gasteiger partial charge in [-0.2, -0.15) is 0 Å². The van der Waals surface area contributed by atoms with Gasteiger partial charge in [0.25, 0.3) is 0 Å². The van der Waals surface area contributed by atoms with Gasteiger partial charge in [0.05, 0.1) is 13.2 Å². The quantitative estimate of drug-likeness (QED) is 0.377. The van der Waals surface area contributed by atoms with Gasteiger partial charge < -0.3 is 19.4 Å². The lowest BCUT2D eigenvalue weighted by atomic mass is 10.3. The molecule has 0 aliphatic rings. The molecule has 2 aromatic rings. The lowest BCUT2D eigenvalue weighted by molar-refractivity contribution is 0.0509. The molecule has 0 amide bonds. The molecule has 0 atom stereocenters. The van der Waals surface area contributed by atoms with Gasteiger partial charge in [0.2, 0.25) is 0 Å². The molecule has 0 spiro atoms. The van der Waals surface area contributed by atoms with E-state index in [-0.39, 0.29) is 0 Å². The van der Waals surface area contributed by atoms with E-state index in [1.807, 2.05) is 0 Å². The van der Waals surface area contributed by atoms with E-state index in [0.717, 1.165) is 11.5 Å². The standard InChI is InChI=1S/C16H22N4O4S2/c1-5-23-13(21)11-9(3)17-15(19-11)25-7-8-26-16-18-10(4)12(20-16)14(22)24-6-2/h5-8H2,1-4H3,(H,17,19)(H,18,20). The highest BCUT2D eigenvalue weighted by Gasteiger charge is 2.17. The van der Waals surface area contributed by atoms with Gasteiger partial charge in [-0.05, 0) is 27.7 Å². The first-order valence-electron chi connectivity index (χ1n) is 8.19. The molecule has 0 bridgehead atoms. The number of nitrogens with one attached hydrogen (secondary N) is 2. The van der Waals surface area contributed by atoms with Crippen molar-refractivity contribution in [2.24, 2.45) is 0 Å². The Kier molecular flexibility index (Phi) is 7.58. The molecule has 0 radical (unpaired) electrons. The van der Waals surface area contributed by atoms with Crippen LogP contribution in [0.2, 0.25) is 0 Å². The zero-order valence-electron chi connectivity index (χ0n) is 15.2. The summed E-state index contributed by atoms with van der Waals surface area (Å²) in [4.78, 5) is 38.2. The fraction of sp³-hybridized carbons (Fsp3) is 0.500. The van der Waals surface area contributed by atoms with Gasteiger partial charge in [0.1, 0.15) is 0 Å². The summed E-state index contributed by atoms with van der Waals surface area (Å²) in [5.74, 6) is 0.683. The van der Waals surface area contributed by atoms with Crippen molar-refractivity contribution in [2.75, 3.05) is 24.7 Å². The zero-order chi connectivity index (χ0) is 19.1. The molecule has 0 saturated heterocycles. The van der Waals surface area contributed by atoms with Gasteiger partial charge in [-0.25, -0.2) is 19.6 Å². The van der Waals surface area contributed by atoms with Crippen LogP contribution in [0.4, 0.5) is 0 Å². The first kappa shape index (κ1) is 20.4. The summed E-state index contributed by atoms with van der Waals surface area (Å²) >= 11 is 3.01. The number of imidazole rings is 2. The number of hydrogen-bond acceptors (Lipinski definition) is 8. The van der Waals surface area contributed by atoms with Crippen LogP contribution in [0.15, 0.2) is 10.3 Å². The first-order valence-corrected chi connectivity index (χ1v) is 10.2. The average molecular weight is 399 g/mol. The normalized spacial score (nSPS) is 10.8. The van der Waals surface area contributed by atoms with Crippen molar-refractivity contribution in [1.29, 1.82) is 0 Å². The Bertz CT molecular complexity index is 708. The minimum absolute atomic E-state index is 0.320. The predicted octanol–water partition coefficient (Wildman–Crippen LogP) is 2.99. The molecular formula is C16H22N4O4S2. The number of esters is 2. The number of carbonyl (C=O) groups excluding carboxylic acids is 2. The van der Waals surface area contributed by atoms with Crippen LogP contribution in [0.25, 0.3) is 0 Å². The molecule has 0 fully saturated rings.